The highest BCUT2D eigenvalue weighted by Gasteiger charge is 2.64. The second-order valence-corrected chi connectivity index (χ2v) is 17.2. The van der Waals surface area contributed by atoms with E-state index in [-0.39, 0.29) is 36.6 Å². The number of piperidine rings is 2. The van der Waals surface area contributed by atoms with Crippen LogP contribution in [-0.2, 0) is 22.7 Å². The average molecular weight is 779 g/mol. The minimum absolute atomic E-state index is 0.0871. The van der Waals surface area contributed by atoms with Crippen LogP contribution in [0.1, 0.15) is 101 Å². The summed E-state index contributed by atoms with van der Waals surface area (Å²) >= 11 is 6.23. The van der Waals surface area contributed by atoms with E-state index < -0.39 is 40.5 Å². The van der Waals surface area contributed by atoms with Gasteiger partial charge < -0.3 is 15.0 Å². The first kappa shape index (κ1) is 37.5. The zero-order chi connectivity index (χ0) is 39.7. The van der Waals surface area contributed by atoms with Crippen LogP contribution in [0.3, 0.4) is 0 Å². The van der Waals surface area contributed by atoms with Gasteiger partial charge in [0.2, 0.25) is 11.8 Å². The maximum atomic E-state index is 13.4. The first-order valence-corrected chi connectivity index (χ1v) is 19.4. The first-order chi connectivity index (χ1) is 26.6. The lowest BCUT2D eigenvalue weighted by Gasteiger charge is -2.63. The van der Waals surface area contributed by atoms with E-state index in [9.17, 15) is 29.2 Å². The van der Waals surface area contributed by atoms with Crippen molar-refractivity contribution >= 4 is 47.0 Å². The van der Waals surface area contributed by atoms with E-state index >= 15 is 0 Å². The van der Waals surface area contributed by atoms with Crippen molar-refractivity contribution in [2.45, 2.75) is 84.7 Å². The molecule has 290 valence electrons. The molecule has 0 bridgehead atoms. The number of rotatable bonds is 8. The molecule has 5 heterocycles. The lowest BCUT2D eigenvalue weighted by Crippen LogP contribution is -2.74. The number of hydrogen-bond acceptors (Lipinski definition) is 11. The number of anilines is 1. The first-order valence-electron chi connectivity index (χ1n) is 19.0. The normalized spacial score (nSPS) is 24.2. The molecule has 3 aromatic rings. The Balaban J connectivity index is 0.822. The van der Waals surface area contributed by atoms with Crippen molar-refractivity contribution in [2.75, 3.05) is 24.5 Å². The minimum atomic E-state index is -0.975. The summed E-state index contributed by atoms with van der Waals surface area (Å²) in [6, 6.07) is 13.1. The smallest absolute Gasteiger partial charge is 0.272 e. The Labute approximate surface area is 329 Å². The lowest BCUT2D eigenvalue weighted by molar-refractivity contribution is -0.164. The number of halogens is 1. The summed E-state index contributed by atoms with van der Waals surface area (Å²) in [6.07, 6.45) is 1.90. The summed E-state index contributed by atoms with van der Waals surface area (Å²) in [4.78, 5) is 69.6. The van der Waals surface area contributed by atoms with Crippen molar-refractivity contribution < 1.29 is 28.7 Å². The zero-order valence-corrected chi connectivity index (χ0v) is 32.5. The van der Waals surface area contributed by atoms with Gasteiger partial charge in [0, 0.05) is 62.1 Å². The predicted octanol–water partition coefficient (Wildman–Crippen LogP) is 4.25. The van der Waals surface area contributed by atoms with Gasteiger partial charge in [-0.15, -0.1) is 10.2 Å². The topological polar surface area (TPSA) is 178 Å². The van der Waals surface area contributed by atoms with Crippen molar-refractivity contribution in [3.8, 4) is 11.8 Å². The summed E-state index contributed by atoms with van der Waals surface area (Å²) in [5.41, 5.74) is 2.47. The van der Waals surface area contributed by atoms with Crippen LogP contribution in [0.4, 0.5) is 5.82 Å². The van der Waals surface area contributed by atoms with Crippen LogP contribution < -0.4 is 20.3 Å². The van der Waals surface area contributed by atoms with E-state index in [1.54, 1.807) is 36.4 Å². The second-order valence-electron chi connectivity index (χ2n) is 16.8. The molecular weight excluding hydrogens is 736 g/mol. The number of ether oxygens (including phenoxy) is 1. The van der Waals surface area contributed by atoms with Crippen molar-refractivity contribution in [2.24, 2.45) is 16.7 Å². The van der Waals surface area contributed by atoms with Crippen molar-refractivity contribution in [1.29, 1.82) is 5.26 Å². The van der Waals surface area contributed by atoms with Gasteiger partial charge in [-0.25, -0.2) is 0 Å². The molecule has 8 rings (SSSR count). The molecule has 1 saturated carbocycles. The minimum Gasteiger partial charge on any atom is -0.489 e. The van der Waals surface area contributed by atoms with Crippen LogP contribution in [-0.4, -0.2) is 87.4 Å². The van der Waals surface area contributed by atoms with Gasteiger partial charge in [0.1, 0.15) is 24.0 Å². The molecule has 2 aromatic carbocycles. The molecule has 2 N–H and O–H groups in total. The third-order valence-corrected chi connectivity index (χ3v) is 12.6. The molecule has 15 heteroatoms. The lowest BCUT2D eigenvalue weighted by atomic mass is 9.49. The van der Waals surface area contributed by atoms with Gasteiger partial charge in [0.15, 0.2) is 11.5 Å². The molecule has 3 fully saturated rings. The number of imide groups is 2. The highest BCUT2D eigenvalue weighted by molar-refractivity contribution is 6.31. The third-order valence-electron chi connectivity index (χ3n) is 12.3. The SMILES string of the molecule is CC1(C)[C@H](NC(=O)c2ccc(N3CCC(CN4Cc5cc6c(cc5C4)C(=O)N(C4CCC(=O)NC4=O)C6=O)CC3)nn2)C(C)(C)[C@H]1Oc1ccc(C#N)c(Cl)c1. The van der Waals surface area contributed by atoms with Gasteiger partial charge in [-0.2, -0.15) is 5.26 Å². The van der Waals surface area contributed by atoms with E-state index in [2.05, 4.69) is 64.4 Å². The van der Waals surface area contributed by atoms with E-state index in [1.165, 1.54) is 0 Å². The van der Waals surface area contributed by atoms with Crippen LogP contribution >= 0.6 is 11.6 Å². The molecule has 1 unspecified atom stereocenters. The number of aromatic nitrogens is 2. The Morgan fingerprint density at radius 2 is 1.61 bits per heavy atom. The fourth-order valence-corrected chi connectivity index (χ4v) is 9.91. The van der Waals surface area contributed by atoms with Gasteiger partial charge in [-0.1, -0.05) is 39.3 Å². The Kier molecular flexibility index (Phi) is 9.36. The molecule has 0 spiro atoms. The van der Waals surface area contributed by atoms with Gasteiger partial charge >= 0.3 is 0 Å². The standard InChI is InChI=1S/C41H43ClN8O6/c1-40(2)38(41(3,4)39(40)56-26-6-5-23(18-43)29(42)17-26)45-34(52)30-7-9-32(47-46-30)49-13-11-22(12-14-49)19-48-20-24-15-27-28(16-25(24)21-48)37(55)50(36(27)54)31-8-10-33(51)44-35(31)53/h5-7,9,15-17,22,31,38-39H,8,10-14,19-21H2,1-4H3,(H,45,52)(H,44,51,53)/t31?,38-,39-. The highest BCUT2D eigenvalue weighted by Crippen LogP contribution is 2.55. The summed E-state index contributed by atoms with van der Waals surface area (Å²) in [5, 5.41) is 23.7. The van der Waals surface area contributed by atoms with Crippen LogP contribution in [0.15, 0.2) is 42.5 Å². The number of amides is 5. The number of nitrogens with zero attached hydrogens (tertiary/aromatic N) is 6. The molecule has 14 nitrogen and oxygen atoms in total. The molecule has 56 heavy (non-hydrogen) atoms. The Morgan fingerprint density at radius 3 is 2.18 bits per heavy atom. The number of carbonyl (C=O) groups is 5. The second kappa shape index (κ2) is 14.0. The maximum Gasteiger partial charge on any atom is 0.272 e. The molecule has 4 aliphatic heterocycles. The number of hydrogen-bond donors (Lipinski definition) is 2. The number of benzene rings is 2. The Hall–Kier alpha value is -5.39. The fraction of sp³-hybridized carbons (Fsp3) is 0.463. The van der Waals surface area contributed by atoms with E-state index in [0.717, 1.165) is 54.3 Å². The van der Waals surface area contributed by atoms with E-state index in [4.69, 9.17) is 16.3 Å². The van der Waals surface area contributed by atoms with Gasteiger partial charge in [-0.05, 0) is 72.7 Å². The van der Waals surface area contributed by atoms with Crippen molar-refractivity contribution in [3.05, 3.63) is 81.0 Å². The monoisotopic (exact) mass is 778 g/mol. The third kappa shape index (κ3) is 6.46. The molecule has 1 aromatic heterocycles. The van der Waals surface area contributed by atoms with E-state index in [0.29, 0.717) is 46.5 Å². The zero-order valence-electron chi connectivity index (χ0n) is 31.7. The van der Waals surface area contributed by atoms with Crippen molar-refractivity contribution in [3.63, 3.8) is 0 Å². The highest BCUT2D eigenvalue weighted by atomic mass is 35.5. The number of nitriles is 1. The predicted molar refractivity (Wildman–Crippen MR) is 204 cm³/mol. The fourth-order valence-electron chi connectivity index (χ4n) is 9.69. The molecule has 2 saturated heterocycles. The summed E-state index contributed by atoms with van der Waals surface area (Å²) in [5.74, 6) is -0.528. The largest absolute Gasteiger partial charge is 0.489 e. The average Bonchev–Trinajstić information content (AvgIpc) is 3.67. The van der Waals surface area contributed by atoms with Crippen LogP contribution in [0.5, 0.6) is 5.75 Å². The summed E-state index contributed by atoms with van der Waals surface area (Å²) in [6.45, 7) is 12.0. The molecular formula is C41H43ClN8O6. The maximum absolute atomic E-state index is 13.4. The summed E-state index contributed by atoms with van der Waals surface area (Å²) < 4.78 is 6.35. The Morgan fingerprint density at radius 1 is 0.946 bits per heavy atom. The van der Waals surface area contributed by atoms with Gasteiger partial charge in [0.05, 0.1) is 21.7 Å². The molecule has 1 aliphatic carbocycles. The molecule has 0 radical (unpaired) electrons. The number of carbonyl (C=O) groups excluding carboxylic acids is 5. The Bertz CT molecular complexity index is 2150. The van der Waals surface area contributed by atoms with Gasteiger partial charge in [-0.3, -0.25) is 39.1 Å². The van der Waals surface area contributed by atoms with Crippen LogP contribution in [0.25, 0.3) is 0 Å². The van der Waals surface area contributed by atoms with Crippen molar-refractivity contribution in [1.82, 2.24) is 30.6 Å². The molecule has 1 atom stereocenters. The van der Waals surface area contributed by atoms with E-state index in [1.807, 2.05) is 6.07 Å². The summed E-state index contributed by atoms with van der Waals surface area (Å²) in [7, 11) is 0. The van der Waals surface area contributed by atoms with Crippen LogP contribution in [0.2, 0.25) is 5.02 Å². The van der Waals surface area contributed by atoms with Crippen LogP contribution in [0, 0.1) is 28.1 Å². The number of fused-ring (bicyclic) bond motifs is 2. The molecule has 5 aliphatic rings. The number of nitrogens with one attached hydrogen (secondary N) is 2. The van der Waals surface area contributed by atoms with Gasteiger partial charge in [0.25, 0.3) is 17.7 Å². The quantitative estimate of drug-likeness (QED) is 0.313. The molecule has 5 amide bonds.